The van der Waals surface area contributed by atoms with Gasteiger partial charge in [-0.15, -0.1) is 0 Å². The Bertz CT molecular complexity index is 712. The van der Waals surface area contributed by atoms with Crippen molar-refractivity contribution >= 4 is 28.9 Å². The van der Waals surface area contributed by atoms with Crippen LogP contribution in [0.2, 0.25) is 10.0 Å². The molecule has 1 aliphatic carbocycles. The molecule has 3 atom stereocenters. The van der Waals surface area contributed by atoms with E-state index in [0.29, 0.717) is 16.9 Å². The smallest absolute Gasteiger partial charge is 0.0555 e. The zero-order valence-corrected chi connectivity index (χ0v) is 12.8. The van der Waals surface area contributed by atoms with E-state index < -0.39 is 0 Å². The standard InChI is InChI=1S/C17H14Cl2N2/c18-11-8-14(19)16-12-2-1-3-13(12)17(21-15(16)9-11)10-4-6-20-7-5-10/h1-2,4-9,12-13,17,21H,3H2/t12-,13+,17-/m0/s1. The number of halogens is 2. The average Bonchev–Trinajstić information content (AvgIpc) is 2.95. The van der Waals surface area contributed by atoms with Gasteiger partial charge in [0.15, 0.2) is 0 Å². The molecule has 0 amide bonds. The molecular formula is C17H14Cl2N2. The Morgan fingerprint density at radius 2 is 1.95 bits per heavy atom. The van der Waals surface area contributed by atoms with Crippen LogP contribution in [-0.4, -0.2) is 4.98 Å². The second-order valence-corrected chi connectivity index (χ2v) is 6.45. The lowest BCUT2D eigenvalue weighted by molar-refractivity contribution is 0.425. The molecule has 2 aliphatic rings. The number of anilines is 1. The highest BCUT2D eigenvalue weighted by Gasteiger charge is 2.39. The van der Waals surface area contributed by atoms with Gasteiger partial charge < -0.3 is 5.32 Å². The average molecular weight is 317 g/mol. The Hall–Kier alpha value is -1.51. The monoisotopic (exact) mass is 316 g/mol. The molecule has 0 saturated heterocycles. The maximum absolute atomic E-state index is 6.44. The van der Waals surface area contributed by atoms with Gasteiger partial charge in [-0.2, -0.15) is 0 Å². The van der Waals surface area contributed by atoms with Gasteiger partial charge in [-0.25, -0.2) is 0 Å². The fourth-order valence-corrected chi connectivity index (χ4v) is 4.16. The van der Waals surface area contributed by atoms with Crippen molar-refractivity contribution in [1.29, 1.82) is 0 Å². The Labute approximate surface area is 133 Å². The Balaban J connectivity index is 1.84. The topological polar surface area (TPSA) is 24.9 Å². The van der Waals surface area contributed by atoms with Crippen molar-refractivity contribution in [3.05, 3.63) is 70.0 Å². The Kier molecular flexibility index (Phi) is 3.16. The van der Waals surface area contributed by atoms with E-state index in [1.807, 2.05) is 24.5 Å². The number of hydrogen-bond donors (Lipinski definition) is 1. The minimum atomic E-state index is 0.259. The molecule has 4 heteroatoms. The molecule has 1 N–H and O–H groups in total. The first kappa shape index (κ1) is 13.2. The van der Waals surface area contributed by atoms with Gasteiger partial charge in [-0.05, 0) is 42.2 Å². The number of allylic oxidation sites excluding steroid dienone is 2. The number of nitrogens with zero attached hydrogens (tertiary/aromatic N) is 1. The van der Waals surface area contributed by atoms with Gasteiger partial charge in [0, 0.05) is 39.6 Å². The van der Waals surface area contributed by atoms with Crippen LogP contribution >= 0.6 is 23.2 Å². The molecule has 0 spiro atoms. The predicted octanol–water partition coefficient (Wildman–Crippen LogP) is 5.21. The van der Waals surface area contributed by atoms with Crippen molar-refractivity contribution < 1.29 is 0 Å². The largest absolute Gasteiger partial charge is 0.378 e. The van der Waals surface area contributed by atoms with Gasteiger partial charge in [0.05, 0.1) is 6.04 Å². The SMILES string of the molecule is Clc1cc(Cl)c2c(c1)N[C@@H](c1ccncc1)[C@@H]1CC=C[C@H]21. The molecule has 0 unspecified atom stereocenters. The lowest BCUT2D eigenvalue weighted by atomic mass is 9.77. The summed E-state index contributed by atoms with van der Waals surface area (Å²) in [5, 5.41) is 5.05. The molecule has 1 aromatic heterocycles. The van der Waals surface area contributed by atoms with Crippen molar-refractivity contribution in [3.8, 4) is 0 Å². The molecular weight excluding hydrogens is 303 g/mol. The van der Waals surface area contributed by atoms with Gasteiger partial charge >= 0.3 is 0 Å². The third-order valence-corrected chi connectivity index (χ3v) is 4.98. The zero-order valence-electron chi connectivity index (χ0n) is 11.3. The Morgan fingerprint density at radius 1 is 1.14 bits per heavy atom. The van der Waals surface area contributed by atoms with E-state index in [1.165, 1.54) is 11.1 Å². The van der Waals surface area contributed by atoms with E-state index >= 15 is 0 Å². The molecule has 0 saturated carbocycles. The van der Waals surface area contributed by atoms with Crippen LogP contribution in [0.1, 0.15) is 29.5 Å². The number of fused-ring (bicyclic) bond motifs is 3. The summed E-state index contributed by atoms with van der Waals surface area (Å²) in [6.45, 7) is 0. The summed E-state index contributed by atoms with van der Waals surface area (Å²) in [4.78, 5) is 4.11. The maximum atomic E-state index is 6.44. The Morgan fingerprint density at radius 3 is 2.76 bits per heavy atom. The molecule has 1 aliphatic heterocycles. The van der Waals surface area contributed by atoms with Crippen LogP contribution < -0.4 is 5.32 Å². The lowest BCUT2D eigenvalue weighted by Gasteiger charge is -2.38. The van der Waals surface area contributed by atoms with Crippen LogP contribution in [-0.2, 0) is 0 Å². The first-order valence-electron chi connectivity index (χ1n) is 7.06. The van der Waals surface area contributed by atoms with Gasteiger partial charge in [0.2, 0.25) is 0 Å². The van der Waals surface area contributed by atoms with Crippen LogP contribution in [0.4, 0.5) is 5.69 Å². The van der Waals surface area contributed by atoms with Crippen LogP contribution in [0.25, 0.3) is 0 Å². The summed E-state index contributed by atoms with van der Waals surface area (Å²) in [7, 11) is 0. The summed E-state index contributed by atoms with van der Waals surface area (Å²) in [6.07, 6.45) is 9.27. The van der Waals surface area contributed by atoms with Crippen molar-refractivity contribution in [3.63, 3.8) is 0 Å². The molecule has 0 radical (unpaired) electrons. The van der Waals surface area contributed by atoms with Gasteiger partial charge in [-0.3, -0.25) is 4.98 Å². The summed E-state index contributed by atoms with van der Waals surface area (Å²) in [5.41, 5.74) is 3.47. The van der Waals surface area contributed by atoms with Crippen LogP contribution in [0, 0.1) is 5.92 Å². The number of pyridine rings is 1. The molecule has 0 bridgehead atoms. The third-order valence-electron chi connectivity index (χ3n) is 4.44. The number of aromatic nitrogens is 1. The molecule has 1 aromatic carbocycles. The molecule has 4 rings (SSSR count). The first-order chi connectivity index (χ1) is 10.2. The van der Waals surface area contributed by atoms with Gasteiger partial charge in [-0.1, -0.05) is 35.4 Å². The van der Waals surface area contributed by atoms with E-state index in [4.69, 9.17) is 23.2 Å². The summed E-state index contributed by atoms with van der Waals surface area (Å²) < 4.78 is 0. The number of nitrogens with one attached hydrogen (secondary N) is 1. The normalized spacial score (nSPS) is 26.1. The highest BCUT2D eigenvalue weighted by atomic mass is 35.5. The van der Waals surface area contributed by atoms with Crippen LogP contribution in [0.3, 0.4) is 0 Å². The van der Waals surface area contributed by atoms with Crippen LogP contribution in [0.5, 0.6) is 0 Å². The minimum absolute atomic E-state index is 0.259. The van der Waals surface area contributed by atoms with Crippen molar-refractivity contribution in [1.82, 2.24) is 4.98 Å². The molecule has 21 heavy (non-hydrogen) atoms. The van der Waals surface area contributed by atoms with E-state index in [9.17, 15) is 0 Å². The highest BCUT2D eigenvalue weighted by molar-refractivity contribution is 6.35. The second kappa shape index (κ2) is 5.04. The predicted molar refractivity (Wildman–Crippen MR) is 87.1 cm³/mol. The first-order valence-corrected chi connectivity index (χ1v) is 7.81. The number of hydrogen-bond acceptors (Lipinski definition) is 2. The lowest BCUT2D eigenvalue weighted by Crippen LogP contribution is -2.29. The molecule has 2 aromatic rings. The summed E-state index contributed by atoms with van der Waals surface area (Å²) in [6, 6.07) is 8.21. The molecule has 0 fully saturated rings. The fraction of sp³-hybridized carbons (Fsp3) is 0.235. The van der Waals surface area contributed by atoms with Crippen LogP contribution in [0.15, 0.2) is 48.8 Å². The summed E-state index contributed by atoms with van der Waals surface area (Å²) >= 11 is 12.6. The fourth-order valence-electron chi connectivity index (χ4n) is 3.54. The van der Waals surface area contributed by atoms with Gasteiger partial charge in [0.25, 0.3) is 0 Å². The highest BCUT2D eigenvalue weighted by Crippen LogP contribution is 2.52. The van der Waals surface area contributed by atoms with E-state index in [-0.39, 0.29) is 6.04 Å². The molecule has 2 nitrogen and oxygen atoms in total. The van der Waals surface area contributed by atoms with Gasteiger partial charge in [0.1, 0.15) is 0 Å². The minimum Gasteiger partial charge on any atom is -0.378 e. The maximum Gasteiger partial charge on any atom is 0.0555 e. The quantitative estimate of drug-likeness (QED) is 0.730. The third kappa shape index (κ3) is 2.14. The van der Waals surface area contributed by atoms with Crippen molar-refractivity contribution in [2.24, 2.45) is 5.92 Å². The van der Waals surface area contributed by atoms with E-state index in [1.54, 1.807) is 0 Å². The summed E-state index contributed by atoms with van der Waals surface area (Å²) in [5.74, 6) is 0.836. The number of benzene rings is 1. The number of rotatable bonds is 1. The van der Waals surface area contributed by atoms with Crippen molar-refractivity contribution in [2.45, 2.75) is 18.4 Å². The van der Waals surface area contributed by atoms with Crippen molar-refractivity contribution in [2.75, 3.05) is 5.32 Å². The molecule has 2 heterocycles. The second-order valence-electron chi connectivity index (χ2n) is 5.60. The zero-order chi connectivity index (χ0) is 14.4. The van der Waals surface area contributed by atoms with E-state index in [0.717, 1.165) is 17.1 Å². The molecule has 106 valence electrons. The van der Waals surface area contributed by atoms with E-state index in [2.05, 4.69) is 34.6 Å².